The fraction of sp³-hybridized carbons (Fsp3) is 0.364. The van der Waals surface area contributed by atoms with E-state index in [-0.39, 0.29) is 19.1 Å². The molecule has 1 amide bonds. The first-order chi connectivity index (χ1) is 7.31. The lowest BCUT2D eigenvalue weighted by Crippen LogP contribution is -2.41. The first-order valence-corrected chi connectivity index (χ1v) is 4.89. The van der Waals surface area contributed by atoms with Crippen molar-refractivity contribution in [3.05, 3.63) is 29.8 Å². The molecule has 1 heterocycles. The predicted octanol–water partition coefficient (Wildman–Crippen LogP) is 0.542. The van der Waals surface area contributed by atoms with Crippen molar-refractivity contribution in [2.75, 3.05) is 24.7 Å². The van der Waals surface area contributed by atoms with Gasteiger partial charge in [-0.05, 0) is 17.7 Å². The molecular formula is C11H13NO3. The lowest BCUT2D eigenvalue weighted by Gasteiger charge is -2.26. The maximum Gasteiger partial charge on any atom is 0.253 e. The molecule has 1 fully saturated rings. The lowest BCUT2D eigenvalue weighted by molar-refractivity contribution is -0.125. The van der Waals surface area contributed by atoms with Gasteiger partial charge in [-0.1, -0.05) is 12.1 Å². The van der Waals surface area contributed by atoms with Crippen molar-refractivity contribution < 1.29 is 14.6 Å². The molecule has 0 atom stereocenters. The minimum atomic E-state index is -0.0157. The highest BCUT2D eigenvalue weighted by Gasteiger charge is 2.19. The van der Waals surface area contributed by atoms with Gasteiger partial charge in [0.2, 0.25) is 0 Å². The number of aliphatic hydroxyl groups excluding tert-OH is 1. The van der Waals surface area contributed by atoms with Crippen molar-refractivity contribution in [3.63, 3.8) is 0 Å². The summed E-state index contributed by atoms with van der Waals surface area (Å²) < 4.78 is 5.05. The van der Waals surface area contributed by atoms with E-state index in [0.29, 0.717) is 13.2 Å². The van der Waals surface area contributed by atoms with Crippen molar-refractivity contribution in [3.8, 4) is 0 Å². The Hall–Kier alpha value is -1.39. The number of carbonyl (C=O) groups is 1. The van der Waals surface area contributed by atoms with Gasteiger partial charge in [0, 0.05) is 12.2 Å². The summed E-state index contributed by atoms with van der Waals surface area (Å²) in [6, 6.07) is 7.32. The molecule has 1 N–H and O–H groups in total. The van der Waals surface area contributed by atoms with E-state index in [2.05, 4.69) is 0 Å². The summed E-state index contributed by atoms with van der Waals surface area (Å²) in [6.07, 6.45) is 0. The van der Waals surface area contributed by atoms with Crippen molar-refractivity contribution in [2.45, 2.75) is 6.61 Å². The van der Waals surface area contributed by atoms with Crippen LogP contribution in [0.2, 0.25) is 0 Å². The summed E-state index contributed by atoms with van der Waals surface area (Å²) in [6.45, 7) is 1.35. The van der Waals surface area contributed by atoms with Gasteiger partial charge in [-0.15, -0.1) is 0 Å². The SMILES string of the molecule is O=C1COCCN1c1ccc(CO)cc1. The number of benzene rings is 1. The molecule has 1 aromatic rings. The maximum absolute atomic E-state index is 11.5. The first kappa shape index (κ1) is 10.1. The quantitative estimate of drug-likeness (QED) is 0.770. The van der Waals surface area contributed by atoms with Gasteiger partial charge in [-0.2, -0.15) is 0 Å². The minimum absolute atomic E-state index is 0.0157. The van der Waals surface area contributed by atoms with Crippen LogP contribution >= 0.6 is 0 Å². The van der Waals surface area contributed by atoms with Gasteiger partial charge in [0.1, 0.15) is 6.61 Å². The molecule has 0 saturated carbocycles. The minimum Gasteiger partial charge on any atom is -0.392 e. The topological polar surface area (TPSA) is 49.8 Å². The van der Waals surface area contributed by atoms with Crippen molar-refractivity contribution >= 4 is 11.6 Å². The number of amides is 1. The Bertz CT molecular complexity index is 347. The third-order valence-corrected chi connectivity index (χ3v) is 2.42. The van der Waals surface area contributed by atoms with Crippen LogP contribution in [0.1, 0.15) is 5.56 Å². The van der Waals surface area contributed by atoms with Gasteiger partial charge in [0.05, 0.1) is 13.2 Å². The average molecular weight is 207 g/mol. The molecule has 1 saturated heterocycles. The fourth-order valence-electron chi connectivity index (χ4n) is 1.57. The van der Waals surface area contributed by atoms with Crippen LogP contribution in [0, 0.1) is 0 Å². The summed E-state index contributed by atoms with van der Waals surface area (Å²) in [5.74, 6) is -0.0157. The molecule has 80 valence electrons. The van der Waals surface area contributed by atoms with E-state index in [1.165, 1.54) is 0 Å². The zero-order valence-corrected chi connectivity index (χ0v) is 8.35. The normalized spacial score (nSPS) is 16.9. The van der Waals surface area contributed by atoms with Crippen LogP contribution in [-0.2, 0) is 16.1 Å². The van der Waals surface area contributed by atoms with Crippen molar-refractivity contribution in [2.24, 2.45) is 0 Å². The zero-order valence-electron chi connectivity index (χ0n) is 8.35. The lowest BCUT2D eigenvalue weighted by atomic mass is 10.2. The van der Waals surface area contributed by atoms with Gasteiger partial charge >= 0.3 is 0 Å². The Labute approximate surface area is 88.1 Å². The second-order valence-electron chi connectivity index (χ2n) is 3.42. The summed E-state index contributed by atoms with van der Waals surface area (Å²) in [7, 11) is 0. The molecule has 0 radical (unpaired) electrons. The summed E-state index contributed by atoms with van der Waals surface area (Å²) in [5.41, 5.74) is 1.71. The fourth-order valence-corrected chi connectivity index (χ4v) is 1.57. The van der Waals surface area contributed by atoms with Crippen LogP contribution in [-0.4, -0.2) is 30.8 Å². The molecular weight excluding hydrogens is 194 g/mol. The highest BCUT2D eigenvalue weighted by molar-refractivity contribution is 5.94. The van der Waals surface area contributed by atoms with Gasteiger partial charge in [-0.25, -0.2) is 0 Å². The van der Waals surface area contributed by atoms with E-state index in [0.717, 1.165) is 11.3 Å². The van der Waals surface area contributed by atoms with Crippen LogP contribution in [0.5, 0.6) is 0 Å². The van der Waals surface area contributed by atoms with Gasteiger partial charge in [0.15, 0.2) is 0 Å². The second-order valence-corrected chi connectivity index (χ2v) is 3.42. The Kier molecular flexibility index (Phi) is 2.99. The average Bonchev–Trinajstić information content (AvgIpc) is 2.30. The predicted molar refractivity (Wildman–Crippen MR) is 55.5 cm³/mol. The zero-order chi connectivity index (χ0) is 10.7. The first-order valence-electron chi connectivity index (χ1n) is 4.89. The van der Waals surface area contributed by atoms with Gasteiger partial charge in [0.25, 0.3) is 5.91 Å². The largest absolute Gasteiger partial charge is 0.392 e. The molecule has 0 aromatic heterocycles. The van der Waals surface area contributed by atoms with Crippen LogP contribution in [0.3, 0.4) is 0 Å². The third kappa shape index (κ3) is 2.16. The Morgan fingerprint density at radius 1 is 1.33 bits per heavy atom. The van der Waals surface area contributed by atoms with Gasteiger partial charge < -0.3 is 14.7 Å². The van der Waals surface area contributed by atoms with E-state index < -0.39 is 0 Å². The number of ether oxygens (including phenoxy) is 1. The number of anilines is 1. The van der Waals surface area contributed by atoms with E-state index in [1.54, 1.807) is 4.90 Å². The molecule has 1 aliphatic heterocycles. The van der Waals surface area contributed by atoms with Crippen LogP contribution in [0.25, 0.3) is 0 Å². The summed E-state index contributed by atoms with van der Waals surface area (Å²) in [5, 5.41) is 8.89. The van der Waals surface area contributed by atoms with Crippen molar-refractivity contribution in [1.29, 1.82) is 0 Å². The second kappa shape index (κ2) is 4.42. The van der Waals surface area contributed by atoms with E-state index in [4.69, 9.17) is 9.84 Å². The third-order valence-electron chi connectivity index (χ3n) is 2.42. The molecule has 4 heteroatoms. The summed E-state index contributed by atoms with van der Waals surface area (Å²) >= 11 is 0. The molecule has 15 heavy (non-hydrogen) atoms. The smallest absolute Gasteiger partial charge is 0.253 e. The van der Waals surface area contributed by atoms with E-state index in [9.17, 15) is 4.79 Å². The van der Waals surface area contributed by atoms with Crippen molar-refractivity contribution in [1.82, 2.24) is 0 Å². The monoisotopic (exact) mass is 207 g/mol. The highest BCUT2D eigenvalue weighted by Crippen LogP contribution is 2.17. The number of hydrogen-bond donors (Lipinski definition) is 1. The standard InChI is InChI=1S/C11H13NO3/c13-7-9-1-3-10(4-2-9)12-5-6-15-8-11(12)14/h1-4,13H,5-8H2. The molecule has 0 bridgehead atoms. The van der Waals surface area contributed by atoms with Crippen LogP contribution in [0.4, 0.5) is 5.69 Å². The molecule has 0 unspecified atom stereocenters. The molecule has 0 aliphatic carbocycles. The maximum atomic E-state index is 11.5. The van der Waals surface area contributed by atoms with Gasteiger partial charge in [-0.3, -0.25) is 4.79 Å². The van der Waals surface area contributed by atoms with Crippen LogP contribution < -0.4 is 4.90 Å². The Balaban J connectivity index is 2.17. The molecule has 0 spiro atoms. The van der Waals surface area contributed by atoms with Crippen LogP contribution in [0.15, 0.2) is 24.3 Å². The molecule has 2 rings (SSSR count). The Morgan fingerprint density at radius 2 is 2.07 bits per heavy atom. The molecule has 1 aliphatic rings. The number of nitrogens with zero attached hydrogens (tertiary/aromatic N) is 1. The number of carbonyl (C=O) groups excluding carboxylic acids is 1. The number of aliphatic hydroxyl groups is 1. The summed E-state index contributed by atoms with van der Waals surface area (Å²) in [4.78, 5) is 13.2. The number of hydrogen-bond acceptors (Lipinski definition) is 3. The molecule has 4 nitrogen and oxygen atoms in total. The number of rotatable bonds is 2. The highest BCUT2D eigenvalue weighted by atomic mass is 16.5. The Morgan fingerprint density at radius 3 is 2.67 bits per heavy atom. The number of morpholine rings is 1. The van der Waals surface area contributed by atoms with E-state index in [1.807, 2.05) is 24.3 Å². The molecule has 1 aromatic carbocycles. The van der Waals surface area contributed by atoms with E-state index >= 15 is 0 Å².